The largest absolute Gasteiger partial charge is 0.295 e. The van der Waals surface area contributed by atoms with E-state index in [9.17, 15) is 4.79 Å². The van der Waals surface area contributed by atoms with Gasteiger partial charge in [-0.1, -0.05) is 17.7 Å². The molecule has 1 heterocycles. The number of hydrogen-bond donors (Lipinski definition) is 0. The number of hydrogen-bond acceptors (Lipinski definition) is 2. The number of carbonyl (C=O) groups excluding carboxylic acids is 1. The van der Waals surface area contributed by atoms with E-state index in [-0.39, 0.29) is 5.78 Å². The fourth-order valence-corrected chi connectivity index (χ4v) is 2.71. The lowest BCUT2D eigenvalue weighted by Crippen LogP contribution is -2.09. The van der Waals surface area contributed by atoms with Crippen LogP contribution in [-0.4, -0.2) is 5.78 Å². The molecule has 0 N–H and O–H groups in total. The predicted molar refractivity (Wildman–Crippen MR) is 55.2 cm³/mol. The highest BCUT2D eigenvalue weighted by Gasteiger charge is 2.21. The van der Waals surface area contributed by atoms with Crippen molar-refractivity contribution in [2.24, 2.45) is 0 Å². The fraction of sp³-hybridized carbons (Fsp3) is 0.300. The van der Waals surface area contributed by atoms with E-state index < -0.39 is 0 Å². The Morgan fingerprint density at radius 2 is 2.31 bits per heavy atom. The minimum Gasteiger partial charge on any atom is -0.295 e. The molecule has 0 bridgehead atoms. The van der Waals surface area contributed by atoms with Gasteiger partial charge in [-0.25, -0.2) is 0 Å². The Morgan fingerprint density at radius 3 is 2.92 bits per heavy atom. The molecule has 1 atom stereocenters. The van der Waals surface area contributed by atoms with Gasteiger partial charge in [-0.15, -0.1) is 11.3 Å². The summed E-state index contributed by atoms with van der Waals surface area (Å²) in [6, 6.07) is 4.08. The van der Waals surface area contributed by atoms with Crippen LogP contribution in [0.1, 0.15) is 23.6 Å². The molecular weight excluding hydrogens is 204 g/mol. The highest BCUT2D eigenvalue weighted by atomic mass is 35.5. The molecule has 0 aromatic carbocycles. The first kappa shape index (κ1) is 8.97. The molecule has 13 heavy (non-hydrogen) atoms. The Hall–Kier alpha value is -0.600. The van der Waals surface area contributed by atoms with Crippen LogP contribution < -0.4 is 0 Å². The number of thiophene rings is 1. The summed E-state index contributed by atoms with van der Waals surface area (Å²) in [5, 5.41) is 2.72. The third kappa shape index (κ3) is 2.01. The molecular formula is C10H9ClOS. The summed E-state index contributed by atoms with van der Waals surface area (Å²) in [5.41, 5.74) is 0. The number of halogens is 1. The first-order chi connectivity index (χ1) is 6.25. The Labute approximate surface area is 86.0 Å². The van der Waals surface area contributed by atoms with Crippen LogP contribution in [0.3, 0.4) is 0 Å². The minimum absolute atomic E-state index is 0.148. The molecule has 1 aliphatic rings. The Balaban J connectivity index is 2.20. The number of carbonyl (C=O) groups is 1. The maximum absolute atomic E-state index is 11.2. The van der Waals surface area contributed by atoms with E-state index in [1.807, 2.05) is 11.4 Å². The summed E-state index contributed by atoms with van der Waals surface area (Å²) in [6.45, 7) is 0. The highest BCUT2D eigenvalue weighted by Crippen LogP contribution is 2.34. The van der Waals surface area contributed by atoms with Gasteiger partial charge in [0.2, 0.25) is 0 Å². The van der Waals surface area contributed by atoms with Crippen LogP contribution in [0.15, 0.2) is 28.6 Å². The zero-order chi connectivity index (χ0) is 9.26. The van der Waals surface area contributed by atoms with Crippen LogP contribution in [0.5, 0.6) is 0 Å². The third-order valence-corrected chi connectivity index (χ3v) is 3.45. The lowest BCUT2D eigenvalue weighted by molar-refractivity contribution is -0.115. The molecule has 0 fully saturated rings. The van der Waals surface area contributed by atoms with E-state index in [4.69, 9.17) is 11.6 Å². The predicted octanol–water partition coefficient (Wildman–Crippen LogP) is 3.32. The topological polar surface area (TPSA) is 17.1 Å². The number of ketones is 1. The van der Waals surface area contributed by atoms with Gasteiger partial charge in [0, 0.05) is 22.2 Å². The molecule has 0 unspecified atom stereocenters. The van der Waals surface area contributed by atoms with Crippen molar-refractivity contribution in [1.82, 2.24) is 0 Å². The SMILES string of the molecule is O=C1C=C(Cl)C[C@@H](c2cccs2)C1. The van der Waals surface area contributed by atoms with Crippen LogP contribution >= 0.6 is 22.9 Å². The second-order valence-electron chi connectivity index (χ2n) is 3.18. The van der Waals surface area contributed by atoms with Crippen LogP contribution in [0.25, 0.3) is 0 Å². The van der Waals surface area contributed by atoms with Gasteiger partial charge in [0.25, 0.3) is 0 Å². The Kier molecular flexibility index (Phi) is 2.51. The second-order valence-corrected chi connectivity index (χ2v) is 4.64. The van der Waals surface area contributed by atoms with Gasteiger partial charge >= 0.3 is 0 Å². The third-order valence-electron chi connectivity index (χ3n) is 2.15. The molecule has 0 spiro atoms. The molecule has 0 aliphatic heterocycles. The molecule has 0 saturated heterocycles. The summed E-state index contributed by atoms with van der Waals surface area (Å²) in [4.78, 5) is 12.5. The van der Waals surface area contributed by atoms with E-state index in [2.05, 4.69) is 6.07 Å². The lowest BCUT2D eigenvalue weighted by Gasteiger charge is -2.17. The molecule has 0 saturated carbocycles. The van der Waals surface area contributed by atoms with Crippen molar-refractivity contribution in [3.8, 4) is 0 Å². The quantitative estimate of drug-likeness (QED) is 0.698. The monoisotopic (exact) mass is 212 g/mol. The highest BCUT2D eigenvalue weighted by molar-refractivity contribution is 7.10. The molecule has 1 aromatic heterocycles. The number of allylic oxidation sites excluding steroid dienone is 2. The van der Waals surface area contributed by atoms with E-state index in [1.165, 1.54) is 4.88 Å². The molecule has 2 rings (SSSR count). The van der Waals surface area contributed by atoms with Gasteiger partial charge in [-0.2, -0.15) is 0 Å². The van der Waals surface area contributed by atoms with Gasteiger partial charge in [0.1, 0.15) is 0 Å². The van der Waals surface area contributed by atoms with Gasteiger partial charge < -0.3 is 0 Å². The summed E-state index contributed by atoms with van der Waals surface area (Å²) >= 11 is 7.56. The lowest BCUT2D eigenvalue weighted by atomic mass is 9.92. The Bertz CT molecular complexity index is 340. The summed E-state index contributed by atoms with van der Waals surface area (Å²) in [7, 11) is 0. The number of rotatable bonds is 1. The van der Waals surface area contributed by atoms with Crippen molar-refractivity contribution < 1.29 is 4.79 Å². The van der Waals surface area contributed by atoms with Crippen molar-refractivity contribution in [1.29, 1.82) is 0 Å². The van der Waals surface area contributed by atoms with Gasteiger partial charge in [-0.05, 0) is 23.9 Å². The van der Waals surface area contributed by atoms with Crippen molar-refractivity contribution in [3.63, 3.8) is 0 Å². The van der Waals surface area contributed by atoms with Gasteiger partial charge in [0.05, 0.1) is 0 Å². The van der Waals surface area contributed by atoms with Crippen molar-refractivity contribution >= 4 is 28.7 Å². The Morgan fingerprint density at radius 1 is 1.46 bits per heavy atom. The molecule has 0 radical (unpaired) electrons. The van der Waals surface area contributed by atoms with Crippen molar-refractivity contribution in [2.75, 3.05) is 0 Å². The average Bonchev–Trinajstić information content (AvgIpc) is 2.53. The molecule has 1 aliphatic carbocycles. The van der Waals surface area contributed by atoms with E-state index in [0.717, 1.165) is 6.42 Å². The molecule has 3 heteroatoms. The molecule has 1 nitrogen and oxygen atoms in total. The van der Waals surface area contributed by atoms with Crippen LogP contribution in [0, 0.1) is 0 Å². The van der Waals surface area contributed by atoms with Crippen LogP contribution in [0.2, 0.25) is 0 Å². The van der Waals surface area contributed by atoms with E-state index in [0.29, 0.717) is 17.4 Å². The average molecular weight is 213 g/mol. The summed E-state index contributed by atoms with van der Waals surface area (Å²) < 4.78 is 0. The molecule has 1 aromatic rings. The molecule has 0 amide bonds. The summed E-state index contributed by atoms with van der Waals surface area (Å²) in [6.07, 6.45) is 2.97. The maximum Gasteiger partial charge on any atom is 0.157 e. The second kappa shape index (κ2) is 3.64. The van der Waals surface area contributed by atoms with Gasteiger partial charge in [-0.3, -0.25) is 4.79 Å². The zero-order valence-electron chi connectivity index (χ0n) is 7.00. The smallest absolute Gasteiger partial charge is 0.157 e. The first-order valence-corrected chi connectivity index (χ1v) is 5.44. The summed E-state index contributed by atoms with van der Waals surface area (Å²) in [5.74, 6) is 0.458. The molecule has 68 valence electrons. The normalized spacial score (nSPS) is 23.0. The van der Waals surface area contributed by atoms with E-state index >= 15 is 0 Å². The van der Waals surface area contributed by atoms with Crippen LogP contribution in [-0.2, 0) is 4.79 Å². The van der Waals surface area contributed by atoms with Crippen molar-refractivity contribution in [2.45, 2.75) is 18.8 Å². The zero-order valence-corrected chi connectivity index (χ0v) is 8.57. The van der Waals surface area contributed by atoms with E-state index in [1.54, 1.807) is 17.4 Å². The fourth-order valence-electron chi connectivity index (χ4n) is 1.57. The van der Waals surface area contributed by atoms with Crippen LogP contribution in [0.4, 0.5) is 0 Å². The van der Waals surface area contributed by atoms with Crippen molar-refractivity contribution in [3.05, 3.63) is 33.5 Å². The van der Waals surface area contributed by atoms with Gasteiger partial charge in [0.15, 0.2) is 5.78 Å². The standard InChI is InChI=1S/C10H9ClOS/c11-8-4-7(5-9(12)6-8)10-2-1-3-13-10/h1-3,6-7H,4-5H2/t7-/m1/s1. The first-order valence-electron chi connectivity index (χ1n) is 4.18. The minimum atomic E-state index is 0.148. The maximum atomic E-state index is 11.2.